The molecule has 34 heavy (non-hydrogen) atoms. The number of oxazole rings is 1. The molecule has 2 aromatic heterocycles. The number of aromatic nitrogens is 3. The van der Waals surface area contributed by atoms with Gasteiger partial charge < -0.3 is 9.73 Å². The summed E-state index contributed by atoms with van der Waals surface area (Å²) in [7, 11) is -2.26. The molecule has 0 amide bonds. The summed E-state index contributed by atoms with van der Waals surface area (Å²) in [5.74, 6) is -0.340. The second-order valence-corrected chi connectivity index (χ2v) is 9.52. The lowest BCUT2D eigenvalue weighted by Crippen LogP contribution is -2.29. The van der Waals surface area contributed by atoms with Crippen molar-refractivity contribution < 1.29 is 17.6 Å². The Kier molecular flexibility index (Phi) is 5.58. The molecule has 0 fully saturated rings. The first-order valence-corrected chi connectivity index (χ1v) is 12.1. The molecular formula is C24H21N5O4S. The van der Waals surface area contributed by atoms with Crippen LogP contribution in [0.2, 0.25) is 0 Å². The minimum atomic E-state index is -4.05. The van der Waals surface area contributed by atoms with E-state index in [9.17, 15) is 13.2 Å². The van der Waals surface area contributed by atoms with Crippen LogP contribution in [0.1, 0.15) is 30.2 Å². The maximum absolute atomic E-state index is 13.0. The first-order chi connectivity index (χ1) is 16.4. The summed E-state index contributed by atoms with van der Waals surface area (Å²) in [6.45, 7) is 0. The monoisotopic (exact) mass is 475 g/mol. The molecule has 0 bridgehead atoms. The van der Waals surface area contributed by atoms with E-state index in [2.05, 4.69) is 19.8 Å². The molecule has 172 valence electrons. The van der Waals surface area contributed by atoms with E-state index in [4.69, 9.17) is 4.42 Å². The standard InChI is InChI=1S/C24H21N5O4S/c1-29-15-18(14-26-29)17-7-9-20-22(13-17)34(31,32)28-23(27-20)21(30)10-8-19(24-25-11-12-33-24)16-5-3-2-4-6-16/h2-7,9,11-15,19H,8,10H2,1H3,(H,27,28). The number of nitrogens with zero attached hydrogens (tertiary/aromatic N) is 4. The molecular weight excluding hydrogens is 454 g/mol. The molecule has 0 saturated heterocycles. The predicted octanol–water partition coefficient (Wildman–Crippen LogP) is 3.77. The molecule has 0 spiro atoms. The number of benzene rings is 2. The van der Waals surface area contributed by atoms with Gasteiger partial charge >= 0.3 is 0 Å². The first kappa shape index (κ1) is 21.8. The molecule has 9 nitrogen and oxygen atoms in total. The molecule has 1 aliphatic heterocycles. The summed E-state index contributed by atoms with van der Waals surface area (Å²) in [4.78, 5) is 17.2. The van der Waals surface area contributed by atoms with Crippen molar-refractivity contribution >= 4 is 27.3 Å². The summed E-state index contributed by atoms with van der Waals surface area (Å²) in [5, 5.41) is 7.02. The third-order valence-corrected chi connectivity index (χ3v) is 6.95. The fraction of sp³-hybridized carbons (Fsp3) is 0.167. The molecule has 1 atom stereocenters. The van der Waals surface area contributed by atoms with Crippen molar-refractivity contribution in [2.45, 2.75) is 23.7 Å². The molecule has 5 rings (SSSR count). The average Bonchev–Trinajstić information content (AvgIpc) is 3.51. The van der Waals surface area contributed by atoms with Crippen molar-refractivity contribution in [3.63, 3.8) is 0 Å². The number of carbonyl (C=O) groups is 1. The smallest absolute Gasteiger partial charge is 0.286 e. The lowest BCUT2D eigenvalue weighted by Gasteiger charge is -2.19. The van der Waals surface area contributed by atoms with Crippen LogP contribution >= 0.6 is 0 Å². The van der Waals surface area contributed by atoms with Gasteiger partial charge in [-0.25, -0.2) is 4.98 Å². The lowest BCUT2D eigenvalue weighted by atomic mass is 9.93. The van der Waals surface area contributed by atoms with Crippen LogP contribution in [0, 0.1) is 0 Å². The van der Waals surface area contributed by atoms with Gasteiger partial charge in [-0.3, -0.25) is 9.48 Å². The Morgan fingerprint density at radius 1 is 1.15 bits per heavy atom. The fourth-order valence-electron chi connectivity index (χ4n) is 3.95. The van der Waals surface area contributed by atoms with Crippen LogP contribution in [0.4, 0.5) is 5.69 Å². The Morgan fingerprint density at radius 3 is 2.68 bits per heavy atom. The Morgan fingerprint density at radius 2 is 1.97 bits per heavy atom. The quantitative estimate of drug-likeness (QED) is 0.432. The number of sulfonamides is 1. The highest BCUT2D eigenvalue weighted by Crippen LogP contribution is 2.33. The molecule has 4 aromatic rings. The summed E-state index contributed by atoms with van der Waals surface area (Å²) in [5.41, 5.74) is 2.75. The van der Waals surface area contributed by atoms with Crippen LogP contribution < -0.4 is 5.32 Å². The minimum absolute atomic E-state index is 0.0207. The Labute approximate surface area is 196 Å². The molecule has 1 N–H and O–H groups in total. The maximum Gasteiger partial charge on any atom is 0.286 e. The highest BCUT2D eigenvalue weighted by Gasteiger charge is 2.29. The number of Topliss-reactive ketones (excluding diaryl/α,β-unsaturated/α-hetero) is 1. The molecule has 1 aliphatic rings. The molecule has 1 unspecified atom stereocenters. The summed E-state index contributed by atoms with van der Waals surface area (Å²) in [6, 6.07) is 14.5. The number of anilines is 1. The minimum Gasteiger partial charge on any atom is -0.448 e. The predicted molar refractivity (Wildman–Crippen MR) is 126 cm³/mol. The van der Waals surface area contributed by atoms with E-state index in [-0.39, 0.29) is 23.1 Å². The number of hydrogen-bond acceptors (Lipinski definition) is 7. The number of hydrogen-bond donors (Lipinski definition) is 1. The largest absolute Gasteiger partial charge is 0.448 e. The second kappa shape index (κ2) is 8.71. The zero-order valence-corrected chi connectivity index (χ0v) is 19.1. The third-order valence-electron chi connectivity index (χ3n) is 5.64. The highest BCUT2D eigenvalue weighted by atomic mass is 32.2. The fourth-order valence-corrected chi connectivity index (χ4v) is 5.11. The van der Waals surface area contributed by atoms with Gasteiger partial charge in [0.1, 0.15) is 11.2 Å². The zero-order chi connectivity index (χ0) is 23.7. The van der Waals surface area contributed by atoms with E-state index in [0.717, 1.165) is 11.1 Å². The van der Waals surface area contributed by atoms with E-state index in [1.807, 2.05) is 30.3 Å². The second-order valence-electron chi connectivity index (χ2n) is 7.95. The number of ketones is 1. The van der Waals surface area contributed by atoms with Crippen molar-refractivity contribution in [2.24, 2.45) is 11.4 Å². The maximum atomic E-state index is 13.0. The van der Waals surface area contributed by atoms with Gasteiger partial charge in [-0.05, 0) is 29.7 Å². The molecule has 3 heterocycles. The van der Waals surface area contributed by atoms with E-state index in [0.29, 0.717) is 23.6 Å². The average molecular weight is 476 g/mol. The van der Waals surface area contributed by atoms with E-state index in [1.54, 1.807) is 42.5 Å². The van der Waals surface area contributed by atoms with Gasteiger partial charge in [-0.15, -0.1) is 4.40 Å². The summed E-state index contributed by atoms with van der Waals surface area (Å²) in [6.07, 6.45) is 6.94. The van der Waals surface area contributed by atoms with Gasteiger partial charge in [0.05, 0.1) is 24.0 Å². The number of fused-ring (bicyclic) bond motifs is 1. The van der Waals surface area contributed by atoms with E-state index >= 15 is 0 Å². The zero-order valence-electron chi connectivity index (χ0n) is 18.2. The molecule has 2 aromatic carbocycles. The van der Waals surface area contributed by atoms with Crippen LogP contribution in [-0.4, -0.2) is 34.8 Å². The molecule has 0 saturated carbocycles. The topological polar surface area (TPSA) is 119 Å². The van der Waals surface area contributed by atoms with Crippen LogP contribution in [0.5, 0.6) is 0 Å². The van der Waals surface area contributed by atoms with Gasteiger partial charge in [0.25, 0.3) is 10.0 Å². The van der Waals surface area contributed by atoms with Crippen molar-refractivity contribution in [3.8, 4) is 11.1 Å². The van der Waals surface area contributed by atoms with E-state index < -0.39 is 15.8 Å². The van der Waals surface area contributed by atoms with E-state index in [1.165, 1.54) is 12.3 Å². The number of nitrogens with one attached hydrogen (secondary N) is 1. The normalized spacial score (nSPS) is 15.1. The van der Waals surface area contributed by atoms with Gasteiger partial charge in [-0.1, -0.05) is 36.4 Å². The van der Waals surface area contributed by atoms with Crippen molar-refractivity contribution in [2.75, 3.05) is 5.32 Å². The van der Waals surface area contributed by atoms with Crippen molar-refractivity contribution in [1.82, 2.24) is 14.8 Å². The number of aryl methyl sites for hydroxylation is 1. The molecule has 10 heteroatoms. The number of rotatable bonds is 7. The Hall–Kier alpha value is -4.05. The summed E-state index contributed by atoms with van der Waals surface area (Å²) >= 11 is 0. The Bertz CT molecular complexity index is 1470. The number of carbonyl (C=O) groups excluding carboxylic acids is 1. The van der Waals surface area contributed by atoms with Gasteiger partial charge in [-0.2, -0.15) is 13.5 Å². The van der Waals surface area contributed by atoms with Crippen molar-refractivity contribution in [3.05, 3.63) is 84.8 Å². The van der Waals surface area contributed by atoms with Gasteiger partial charge in [0.2, 0.25) is 5.89 Å². The SMILES string of the molecule is Cn1cc(-c2ccc3c(c2)S(=O)(=O)N=C(C(=O)CCC(c2ccccc2)c2ncco2)N3)cn1. The van der Waals surface area contributed by atoms with Gasteiger partial charge in [0, 0.05) is 25.2 Å². The summed E-state index contributed by atoms with van der Waals surface area (Å²) < 4.78 is 36.7. The first-order valence-electron chi connectivity index (χ1n) is 10.6. The van der Waals surface area contributed by atoms with Crippen LogP contribution in [0.15, 0.2) is 87.1 Å². The molecule has 0 radical (unpaired) electrons. The Balaban J connectivity index is 1.37. The third kappa shape index (κ3) is 4.27. The number of amidine groups is 1. The highest BCUT2D eigenvalue weighted by molar-refractivity contribution is 7.90. The molecule has 0 aliphatic carbocycles. The van der Waals surface area contributed by atoms with Crippen LogP contribution in [-0.2, 0) is 21.9 Å². The van der Waals surface area contributed by atoms with Crippen molar-refractivity contribution in [1.29, 1.82) is 0 Å². The lowest BCUT2D eigenvalue weighted by molar-refractivity contribution is -0.113. The van der Waals surface area contributed by atoms with Crippen LogP contribution in [0.3, 0.4) is 0 Å². The van der Waals surface area contributed by atoms with Crippen LogP contribution in [0.25, 0.3) is 11.1 Å². The van der Waals surface area contributed by atoms with Gasteiger partial charge in [0.15, 0.2) is 11.6 Å².